The number of carbonyl (C=O) groups excluding carboxylic acids is 1. The van der Waals surface area contributed by atoms with Crippen LogP contribution in [-0.4, -0.2) is 34.6 Å². The van der Waals surface area contributed by atoms with Gasteiger partial charge in [-0.2, -0.15) is 0 Å². The highest BCUT2D eigenvalue weighted by Gasteiger charge is 2.20. The molecule has 0 spiro atoms. The van der Waals surface area contributed by atoms with Gasteiger partial charge in [0.05, 0.1) is 24.7 Å². The van der Waals surface area contributed by atoms with Gasteiger partial charge in [-0.1, -0.05) is 12.1 Å². The number of sulfonamides is 1. The largest absolute Gasteiger partial charge is 0.497 e. The molecule has 0 saturated carbocycles. The van der Waals surface area contributed by atoms with E-state index in [1.165, 1.54) is 25.3 Å². The van der Waals surface area contributed by atoms with Crippen LogP contribution in [0.4, 0.5) is 0 Å². The normalized spacial score (nSPS) is 12.4. The third-order valence-corrected chi connectivity index (χ3v) is 6.02. The molecule has 0 radical (unpaired) electrons. The standard InChI is InChI=1S/C20H25NO5S/c1-14-13-17(20(22)26-4)9-12-19(14)27(23,24)21-15(2)5-6-16-7-10-18(25-3)11-8-16/h7-13,15,21H,5-6H2,1-4H3. The molecule has 6 nitrogen and oxygen atoms in total. The van der Waals surface area contributed by atoms with Gasteiger partial charge in [-0.05, 0) is 68.1 Å². The van der Waals surface area contributed by atoms with Crippen LogP contribution in [0, 0.1) is 6.92 Å². The summed E-state index contributed by atoms with van der Waals surface area (Å²) in [5, 5.41) is 0. The van der Waals surface area contributed by atoms with Crippen molar-refractivity contribution < 1.29 is 22.7 Å². The Hall–Kier alpha value is -2.38. The van der Waals surface area contributed by atoms with Crippen LogP contribution in [0.2, 0.25) is 0 Å². The molecular formula is C20H25NO5S. The Morgan fingerprint density at radius 2 is 1.78 bits per heavy atom. The second-order valence-electron chi connectivity index (χ2n) is 6.38. The molecule has 0 fully saturated rings. The molecule has 0 aromatic heterocycles. The molecule has 0 aliphatic rings. The predicted octanol–water partition coefficient (Wildman–Crippen LogP) is 3.09. The average molecular weight is 391 g/mol. The summed E-state index contributed by atoms with van der Waals surface area (Å²) >= 11 is 0. The van der Waals surface area contributed by atoms with Crippen molar-refractivity contribution in [3.05, 3.63) is 59.2 Å². The lowest BCUT2D eigenvalue weighted by Crippen LogP contribution is -2.33. The highest BCUT2D eigenvalue weighted by Crippen LogP contribution is 2.19. The first-order valence-corrected chi connectivity index (χ1v) is 10.1. The summed E-state index contributed by atoms with van der Waals surface area (Å²) in [5.41, 5.74) is 1.93. The monoisotopic (exact) mass is 391 g/mol. The lowest BCUT2D eigenvalue weighted by atomic mass is 10.1. The maximum absolute atomic E-state index is 12.7. The van der Waals surface area contributed by atoms with Crippen molar-refractivity contribution in [3.8, 4) is 5.75 Å². The van der Waals surface area contributed by atoms with Crippen LogP contribution in [0.3, 0.4) is 0 Å². The number of ether oxygens (including phenoxy) is 2. The van der Waals surface area contributed by atoms with Crippen molar-refractivity contribution >= 4 is 16.0 Å². The number of methoxy groups -OCH3 is 2. The van der Waals surface area contributed by atoms with Gasteiger partial charge in [0.2, 0.25) is 10.0 Å². The van der Waals surface area contributed by atoms with E-state index in [0.717, 1.165) is 17.7 Å². The van der Waals surface area contributed by atoms with E-state index >= 15 is 0 Å². The van der Waals surface area contributed by atoms with E-state index in [-0.39, 0.29) is 10.9 Å². The van der Waals surface area contributed by atoms with Crippen LogP contribution in [-0.2, 0) is 21.2 Å². The first kappa shape index (κ1) is 20.9. The van der Waals surface area contributed by atoms with E-state index in [1.807, 2.05) is 31.2 Å². The smallest absolute Gasteiger partial charge is 0.337 e. The van der Waals surface area contributed by atoms with E-state index in [0.29, 0.717) is 17.5 Å². The third kappa shape index (κ3) is 5.55. The fourth-order valence-electron chi connectivity index (χ4n) is 2.76. The predicted molar refractivity (Wildman–Crippen MR) is 104 cm³/mol. The molecule has 1 N–H and O–H groups in total. The Bertz CT molecular complexity index is 891. The molecule has 2 aromatic rings. The van der Waals surface area contributed by atoms with Crippen molar-refractivity contribution in [2.24, 2.45) is 0 Å². The highest BCUT2D eigenvalue weighted by atomic mass is 32.2. The molecule has 0 aliphatic carbocycles. The van der Waals surface area contributed by atoms with Crippen LogP contribution in [0.5, 0.6) is 5.75 Å². The van der Waals surface area contributed by atoms with Crippen LogP contribution < -0.4 is 9.46 Å². The van der Waals surface area contributed by atoms with Gasteiger partial charge in [0, 0.05) is 6.04 Å². The summed E-state index contributed by atoms with van der Waals surface area (Å²) < 4.78 is 37.8. The third-order valence-electron chi connectivity index (χ3n) is 4.27. The summed E-state index contributed by atoms with van der Waals surface area (Å²) in [5.74, 6) is 0.293. The highest BCUT2D eigenvalue weighted by molar-refractivity contribution is 7.89. The summed E-state index contributed by atoms with van der Waals surface area (Å²) in [4.78, 5) is 11.7. The maximum atomic E-state index is 12.7. The van der Waals surface area contributed by atoms with Gasteiger partial charge in [-0.25, -0.2) is 17.9 Å². The van der Waals surface area contributed by atoms with Crippen LogP contribution in [0.25, 0.3) is 0 Å². The molecule has 27 heavy (non-hydrogen) atoms. The Morgan fingerprint density at radius 3 is 2.33 bits per heavy atom. The van der Waals surface area contributed by atoms with Gasteiger partial charge in [0.1, 0.15) is 5.75 Å². The second-order valence-corrected chi connectivity index (χ2v) is 8.06. The lowest BCUT2D eigenvalue weighted by molar-refractivity contribution is 0.0600. The molecule has 146 valence electrons. The van der Waals surface area contributed by atoms with Crippen molar-refractivity contribution in [1.82, 2.24) is 4.72 Å². The van der Waals surface area contributed by atoms with Gasteiger partial charge in [-0.15, -0.1) is 0 Å². The van der Waals surface area contributed by atoms with Crippen molar-refractivity contribution in [2.45, 2.75) is 37.6 Å². The van der Waals surface area contributed by atoms with E-state index in [9.17, 15) is 13.2 Å². The number of esters is 1. The minimum Gasteiger partial charge on any atom is -0.497 e. The fraction of sp³-hybridized carbons (Fsp3) is 0.350. The lowest BCUT2D eigenvalue weighted by Gasteiger charge is -2.16. The van der Waals surface area contributed by atoms with E-state index < -0.39 is 16.0 Å². The molecule has 0 aliphatic heterocycles. The number of hydrogen-bond donors (Lipinski definition) is 1. The Labute approximate surface area is 160 Å². The van der Waals surface area contributed by atoms with E-state index in [1.54, 1.807) is 14.0 Å². The van der Waals surface area contributed by atoms with E-state index in [4.69, 9.17) is 4.74 Å². The van der Waals surface area contributed by atoms with Crippen molar-refractivity contribution in [1.29, 1.82) is 0 Å². The molecular weight excluding hydrogens is 366 g/mol. The quantitative estimate of drug-likeness (QED) is 0.700. The van der Waals surface area contributed by atoms with Gasteiger partial charge >= 0.3 is 5.97 Å². The maximum Gasteiger partial charge on any atom is 0.337 e. The van der Waals surface area contributed by atoms with Gasteiger partial charge in [0.15, 0.2) is 0 Å². The fourth-order valence-corrected chi connectivity index (χ4v) is 4.26. The summed E-state index contributed by atoms with van der Waals surface area (Å²) in [7, 11) is -0.774. The van der Waals surface area contributed by atoms with Crippen LogP contribution in [0.15, 0.2) is 47.4 Å². The number of hydrogen-bond acceptors (Lipinski definition) is 5. The number of aryl methyl sites for hydroxylation is 2. The van der Waals surface area contributed by atoms with E-state index in [2.05, 4.69) is 9.46 Å². The molecule has 0 heterocycles. The molecule has 0 bridgehead atoms. The molecule has 0 saturated heterocycles. The first-order valence-electron chi connectivity index (χ1n) is 8.61. The second kappa shape index (κ2) is 9.01. The van der Waals surface area contributed by atoms with Gasteiger partial charge in [-0.3, -0.25) is 0 Å². The number of carbonyl (C=O) groups is 1. The zero-order valence-corrected chi connectivity index (χ0v) is 16.8. The first-order chi connectivity index (χ1) is 12.8. The number of rotatable bonds is 8. The molecule has 2 aromatic carbocycles. The SMILES string of the molecule is COC(=O)c1ccc(S(=O)(=O)NC(C)CCc2ccc(OC)cc2)c(C)c1. The average Bonchev–Trinajstić information content (AvgIpc) is 2.65. The molecule has 7 heteroatoms. The molecule has 1 unspecified atom stereocenters. The summed E-state index contributed by atoms with van der Waals surface area (Å²) in [6.07, 6.45) is 1.40. The minimum absolute atomic E-state index is 0.159. The Morgan fingerprint density at radius 1 is 1.11 bits per heavy atom. The number of nitrogens with one attached hydrogen (secondary N) is 1. The van der Waals surface area contributed by atoms with Gasteiger partial charge < -0.3 is 9.47 Å². The van der Waals surface area contributed by atoms with Crippen molar-refractivity contribution in [3.63, 3.8) is 0 Å². The van der Waals surface area contributed by atoms with Crippen LogP contribution in [0.1, 0.15) is 34.8 Å². The zero-order valence-electron chi connectivity index (χ0n) is 16.0. The topological polar surface area (TPSA) is 81.7 Å². The molecule has 2 rings (SSSR count). The van der Waals surface area contributed by atoms with Gasteiger partial charge in [0.25, 0.3) is 0 Å². The number of benzene rings is 2. The summed E-state index contributed by atoms with van der Waals surface area (Å²) in [6.45, 7) is 3.49. The molecule has 0 amide bonds. The Balaban J connectivity index is 2.03. The summed E-state index contributed by atoms with van der Waals surface area (Å²) in [6, 6.07) is 11.9. The zero-order chi connectivity index (χ0) is 20.0. The molecule has 1 atom stereocenters. The van der Waals surface area contributed by atoms with Crippen LogP contribution >= 0.6 is 0 Å². The van der Waals surface area contributed by atoms with Crippen molar-refractivity contribution in [2.75, 3.05) is 14.2 Å². The minimum atomic E-state index is -3.68. The Kier molecular flexibility index (Phi) is 6.98.